The second kappa shape index (κ2) is 5.30. The van der Waals surface area contributed by atoms with Crippen molar-refractivity contribution in [1.82, 2.24) is 4.98 Å². The van der Waals surface area contributed by atoms with E-state index in [1.807, 2.05) is 0 Å². The lowest BCUT2D eigenvalue weighted by Gasteiger charge is -2.14. The SMILES string of the molecule is O=Cc1cnc(I)c(CBr)c1OC(F)(F)F. The summed E-state index contributed by atoms with van der Waals surface area (Å²) in [6.45, 7) is 0. The molecule has 1 aromatic heterocycles. The lowest BCUT2D eigenvalue weighted by molar-refractivity contribution is -0.275. The minimum Gasteiger partial charge on any atom is -0.405 e. The van der Waals surface area contributed by atoms with Gasteiger partial charge in [-0.2, -0.15) is 0 Å². The Kier molecular flexibility index (Phi) is 4.53. The van der Waals surface area contributed by atoms with Gasteiger partial charge < -0.3 is 4.74 Å². The molecule has 0 aliphatic heterocycles. The number of rotatable bonds is 3. The van der Waals surface area contributed by atoms with Gasteiger partial charge in [-0.05, 0) is 22.6 Å². The maximum Gasteiger partial charge on any atom is 0.573 e. The van der Waals surface area contributed by atoms with Crippen molar-refractivity contribution >= 4 is 44.8 Å². The zero-order valence-electron chi connectivity index (χ0n) is 7.52. The number of carbonyl (C=O) groups is 1. The summed E-state index contributed by atoms with van der Waals surface area (Å²) in [5.74, 6) is -0.501. The van der Waals surface area contributed by atoms with E-state index < -0.39 is 12.1 Å². The third kappa shape index (κ3) is 3.30. The molecule has 0 aromatic carbocycles. The van der Waals surface area contributed by atoms with E-state index in [2.05, 4.69) is 25.7 Å². The highest BCUT2D eigenvalue weighted by Crippen LogP contribution is 2.32. The third-order valence-corrected chi connectivity index (χ3v) is 3.07. The number of aldehydes is 1. The number of halogens is 5. The van der Waals surface area contributed by atoms with Crippen LogP contribution in [-0.2, 0) is 5.33 Å². The van der Waals surface area contributed by atoms with Crippen LogP contribution in [0.5, 0.6) is 5.75 Å². The van der Waals surface area contributed by atoms with E-state index in [4.69, 9.17) is 0 Å². The highest BCUT2D eigenvalue weighted by Gasteiger charge is 2.33. The van der Waals surface area contributed by atoms with Crippen molar-refractivity contribution in [2.45, 2.75) is 11.7 Å². The second-order valence-electron chi connectivity index (χ2n) is 2.61. The fraction of sp³-hybridized carbons (Fsp3) is 0.250. The summed E-state index contributed by atoms with van der Waals surface area (Å²) < 4.78 is 40.6. The second-order valence-corrected chi connectivity index (χ2v) is 4.19. The summed E-state index contributed by atoms with van der Waals surface area (Å²) in [5, 5.41) is 0.116. The molecule has 0 radical (unpaired) electrons. The maximum atomic E-state index is 12.1. The molecule has 0 saturated carbocycles. The Hall–Kier alpha value is -0.380. The standard InChI is InChI=1S/C8H4BrF3INO2/c9-1-5-6(16-8(10,11)12)4(3-15)2-14-7(5)13/h2-3H,1H2. The van der Waals surface area contributed by atoms with Crippen molar-refractivity contribution < 1.29 is 22.7 Å². The van der Waals surface area contributed by atoms with E-state index in [9.17, 15) is 18.0 Å². The molecule has 1 aromatic rings. The topological polar surface area (TPSA) is 39.2 Å². The fourth-order valence-corrected chi connectivity index (χ4v) is 2.59. The molecule has 0 aliphatic rings. The van der Waals surface area contributed by atoms with Gasteiger partial charge in [-0.15, -0.1) is 13.2 Å². The summed E-state index contributed by atoms with van der Waals surface area (Å²) in [6, 6.07) is 0. The van der Waals surface area contributed by atoms with Gasteiger partial charge in [-0.1, -0.05) is 15.9 Å². The van der Waals surface area contributed by atoms with Gasteiger partial charge in [0.1, 0.15) is 9.45 Å². The van der Waals surface area contributed by atoms with E-state index in [1.165, 1.54) is 0 Å². The van der Waals surface area contributed by atoms with Gasteiger partial charge in [0, 0.05) is 17.1 Å². The molecular formula is C8H4BrF3INO2. The monoisotopic (exact) mass is 409 g/mol. The zero-order chi connectivity index (χ0) is 12.3. The Morgan fingerprint density at radius 1 is 1.56 bits per heavy atom. The van der Waals surface area contributed by atoms with E-state index in [-0.39, 0.29) is 22.7 Å². The van der Waals surface area contributed by atoms with Crippen LogP contribution in [-0.4, -0.2) is 17.6 Å². The molecule has 0 amide bonds. The molecule has 1 rings (SSSR count). The van der Waals surface area contributed by atoms with Crippen LogP contribution in [0.25, 0.3) is 0 Å². The fourth-order valence-electron chi connectivity index (χ4n) is 0.967. The van der Waals surface area contributed by atoms with Crippen LogP contribution in [0.2, 0.25) is 0 Å². The van der Waals surface area contributed by atoms with Crippen LogP contribution >= 0.6 is 38.5 Å². The molecule has 8 heteroatoms. The summed E-state index contributed by atoms with van der Waals surface area (Å²) in [5.41, 5.74) is -0.0327. The molecule has 1 heterocycles. The van der Waals surface area contributed by atoms with Crippen molar-refractivity contribution in [3.63, 3.8) is 0 Å². The molecule has 0 bridgehead atoms. The van der Waals surface area contributed by atoms with Gasteiger partial charge in [0.2, 0.25) is 0 Å². The van der Waals surface area contributed by atoms with Gasteiger partial charge in [0.05, 0.1) is 5.56 Å². The first kappa shape index (κ1) is 13.7. The average molecular weight is 410 g/mol. The lowest BCUT2D eigenvalue weighted by Crippen LogP contribution is -2.19. The highest BCUT2D eigenvalue weighted by atomic mass is 127. The van der Waals surface area contributed by atoms with Crippen LogP contribution < -0.4 is 4.74 Å². The first-order valence-corrected chi connectivity index (χ1v) is 6.03. The quantitative estimate of drug-likeness (QED) is 0.333. The molecule has 16 heavy (non-hydrogen) atoms. The lowest BCUT2D eigenvalue weighted by atomic mass is 10.2. The first-order chi connectivity index (χ1) is 7.39. The van der Waals surface area contributed by atoms with Gasteiger partial charge in [-0.25, -0.2) is 4.98 Å². The van der Waals surface area contributed by atoms with Crippen molar-refractivity contribution in [2.24, 2.45) is 0 Å². The van der Waals surface area contributed by atoms with Crippen LogP contribution in [0.4, 0.5) is 13.2 Å². The third-order valence-electron chi connectivity index (χ3n) is 1.58. The van der Waals surface area contributed by atoms with Crippen LogP contribution in [0.15, 0.2) is 6.20 Å². The number of hydrogen-bond acceptors (Lipinski definition) is 3. The van der Waals surface area contributed by atoms with Crippen molar-refractivity contribution in [1.29, 1.82) is 0 Å². The molecule has 0 N–H and O–H groups in total. The predicted octanol–water partition coefficient (Wildman–Crippen LogP) is 3.29. The number of aromatic nitrogens is 1. The largest absolute Gasteiger partial charge is 0.573 e. The Labute approximate surface area is 111 Å². The van der Waals surface area contributed by atoms with E-state index in [0.29, 0.717) is 3.70 Å². The van der Waals surface area contributed by atoms with E-state index >= 15 is 0 Å². The average Bonchev–Trinajstić information content (AvgIpc) is 2.16. The molecule has 0 aliphatic carbocycles. The summed E-state index contributed by atoms with van der Waals surface area (Å²) in [4.78, 5) is 14.4. The number of carbonyl (C=O) groups excluding carboxylic acids is 1. The van der Waals surface area contributed by atoms with Crippen LogP contribution in [0, 0.1) is 3.70 Å². The van der Waals surface area contributed by atoms with Gasteiger partial charge in [0.25, 0.3) is 0 Å². The highest BCUT2D eigenvalue weighted by molar-refractivity contribution is 14.1. The normalized spacial score (nSPS) is 11.3. The number of ether oxygens (including phenoxy) is 1. The van der Waals surface area contributed by atoms with Crippen molar-refractivity contribution in [2.75, 3.05) is 0 Å². The molecule has 0 saturated heterocycles. The zero-order valence-corrected chi connectivity index (χ0v) is 11.3. The molecular weight excluding hydrogens is 406 g/mol. The number of alkyl halides is 4. The van der Waals surface area contributed by atoms with Gasteiger partial charge in [0.15, 0.2) is 6.29 Å². The maximum absolute atomic E-state index is 12.1. The predicted molar refractivity (Wildman–Crippen MR) is 61.7 cm³/mol. The Morgan fingerprint density at radius 3 is 2.62 bits per heavy atom. The Bertz CT molecular complexity index is 411. The minimum atomic E-state index is -4.83. The molecule has 0 unspecified atom stereocenters. The molecule has 0 atom stereocenters. The molecule has 3 nitrogen and oxygen atoms in total. The Balaban J connectivity index is 3.31. The van der Waals surface area contributed by atoms with Crippen molar-refractivity contribution in [3.8, 4) is 5.75 Å². The van der Waals surface area contributed by atoms with E-state index in [0.717, 1.165) is 6.20 Å². The Morgan fingerprint density at radius 2 is 2.19 bits per heavy atom. The number of nitrogens with zero attached hydrogens (tertiary/aromatic N) is 1. The van der Waals surface area contributed by atoms with Crippen LogP contribution in [0.3, 0.4) is 0 Å². The number of hydrogen-bond donors (Lipinski definition) is 0. The number of pyridine rings is 1. The smallest absolute Gasteiger partial charge is 0.405 e. The molecule has 88 valence electrons. The minimum absolute atomic E-state index is 0.116. The summed E-state index contributed by atoms with van der Waals surface area (Å²) in [7, 11) is 0. The summed E-state index contributed by atoms with van der Waals surface area (Å²) >= 11 is 4.79. The first-order valence-electron chi connectivity index (χ1n) is 3.83. The molecule has 0 fully saturated rings. The summed E-state index contributed by atoms with van der Waals surface area (Å²) in [6.07, 6.45) is -3.52. The molecule has 0 spiro atoms. The van der Waals surface area contributed by atoms with E-state index in [1.54, 1.807) is 22.6 Å². The van der Waals surface area contributed by atoms with Crippen LogP contribution in [0.1, 0.15) is 15.9 Å². The van der Waals surface area contributed by atoms with Crippen molar-refractivity contribution in [3.05, 3.63) is 21.0 Å². The van der Waals surface area contributed by atoms with Gasteiger partial charge in [-0.3, -0.25) is 4.79 Å². The van der Waals surface area contributed by atoms with Gasteiger partial charge >= 0.3 is 6.36 Å².